The number of hydrogen-bond donors (Lipinski definition) is 4. The molecular weight excluding hydrogens is 450 g/mol. The molecule has 0 unspecified atom stereocenters. The molecule has 5 N–H and O–H groups in total. The fraction of sp³-hybridized carbons (Fsp3) is 0.481. The molecule has 0 aliphatic heterocycles. The summed E-state index contributed by atoms with van der Waals surface area (Å²) in [6.07, 6.45) is 3.14. The Balaban J connectivity index is 0.00000578. The Bertz CT molecular complexity index is 874. The van der Waals surface area contributed by atoms with Crippen molar-refractivity contribution >= 4 is 24.2 Å². The van der Waals surface area contributed by atoms with E-state index in [1.165, 1.54) is 5.56 Å². The number of nitrogens with one attached hydrogen (secondary N) is 2. The lowest BCUT2D eigenvalue weighted by molar-refractivity contribution is -0.133. The lowest BCUT2D eigenvalue weighted by atomic mass is 9.91. The van der Waals surface area contributed by atoms with E-state index in [-0.39, 0.29) is 36.0 Å². The molecule has 0 aromatic heterocycles. The zero-order valence-corrected chi connectivity index (χ0v) is 21.5. The number of aromatic hydroxyl groups is 1. The number of amides is 2. The Hall–Kier alpha value is -2.41. The maximum Gasteiger partial charge on any atom is 0.244 e. The Morgan fingerprint density at radius 2 is 1.56 bits per heavy atom. The molecule has 6 nitrogen and oxygen atoms in total. The van der Waals surface area contributed by atoms with Gasteiger partial charge in [-0.1, -0.05) is 76.6 Å². The molecule has 0 saturated carbocycles. The van der Waals surface area contributed by atoms with Crippen molar-refractivity contribution in [2.24, 2.45) is 17.6 Å². The van der Waals surface area contributed by atoms with E-state index < -0.39 is 18.0 Å². The summed E-state index contributed by atoms with van der Waals surface area (Å²) in [7, 11) is 0. The first-order valence-corrected chi connectivity index (χ1v) is 11.9. The van der Waals surface area contributed by atoms with E-state index in [1.807, 2.05) is 32.0 Å². The molecule has 2 rings (SSSR count). The quantitative estimate of drug-likeness (QED) is 0.361. The van der Waals surface area contributed by atoms with Gasteiger partial charge in [0, 0.05) is 6.04 Å². The zero-order valence-electron chi connectivity index (χ0n) is 20.7. The average molecular weight is 490 g/mol. The Morgan fingerprint density at radius 1 is 0.941 bits per heavy atom. The van der Waals surface area contributed by atoms with Crippen molar-refractivity contribution in [3.8, 4) is 5.75 Å². The SMILES string of the molecule is CC[C@H](C)[C@H](CCc1ccccc1)N[C@@H](Cc1ccc(O)cc1)C(=O)NC(=O)[C@@H](N)C(C)C.Cl. The predicted molar refractivity (Wildman–Crippen MR) is 140 cm³/mol. The van der Waals surface area contributed by atoms with Crippen LogP contribution in [0.15, 0.2) is 54.6 Å². The summed E-state index contributed by atoms with van der Waals surface area (Å²) < 4.78 is 0. The van der Waals surface area contributed by atoms with Crippen LogP contribution in [0.1, 0.15) is 51.7 Å². The van der Waals surface area contributed by atoms with E-state index >= 15 is 0 Å². The first-order chi connectivity index (χ1) is 15.7. The minimum absolute atomic E-state index is 0. The molecule has 34 heavy (non-hydrogen) atoms. The van der Waals surface area contributed by atoms with Crippen LogP contribution in [0.2, 0.25) is 0 Å². The van der Waals surface area contributed by atoms with Crippen LogP contribution in [0.3, 0.4) is 0 Å². The summed E-state index contributed by atoms with van der Waals surface area (Å²) >= 11 is 0. The molecule has 7 heteroatoms. The number of nitrogens with two attached hydrogens (primary N) is 1. The number of rotatable bonds is 12. The van der Waals surface area contributed by atoms with Crippen LogP contribution < -0.4 is 16.4 Å². The normalized spacial score (nSPS) is 14.5. The number of hydrogen-bond acceptors (Lipinski definition) is 5. The summed E-state index contributed by atoms with van der Waals surface area (Å²) in [5, 5.41) is 15.7. The molecule has 2 aromatic carbocycles. The Labute approximate surface area is 210 Å². The van der Waals surface area contributed by atoms with Crippen LogP contribution in [-0.2, 0) is 22.4 Å². The molecule has 0 spiro atoms. The number of halogens is 1. The fourth-order valence-electron chi connectivity index (χ4n) is 3.73. The fourth-order valence-corrected chi connectivity index (χ4v) is 3.73. The number of imide groups is 1. The van der Waals surface area contributed by atoms with Gasteiger partial charge in [-0.15, -0.1) is 12.4 Å². The van der Waals surface area contributed by atoms with E-state index in [2.05, 4.69) is 36.6 Å². The van der Waals surface area contributed by atoms with E-state index in [9.17, 15) is 14.7 Å². The van der Waals surface area contributed by atoms with Gasteiger partial charge in [0.2, 0.25) is 11.8 Å². The summed E-state index contributed by atoms with van der Waals surface area (Å²) in [6, 6.07) is 15.8. The standard InChI is InChI=1S/C27H39N3O3.ClH/c1-5-19(4)23(16-13-20-9-7-6-8-10-20)29-24(17-21-11-14-22(31)15-12-21)26(32)30-27(33)25(28)18(2)3;/h6-12,14-15,18-19,23-25,29,31H,5,13,16-17,28H2,1-4H3,(H,30,32,33);1H/t19-,23-,24-,25-;/m0./s1. The second kappa shape index (κ2) is 14.8. The molecule has 0 saturated heterocycles. The van der Waals surface area contributed by atoms with Crippen molar-refractivity contribution in [3.05, 3.63) is 65.7 Å². The molecular formula is C27H40ClN3O3. The number of carbonyl (C=O) groups is 2. The maximum absolute atomic E-state index is 13.2. The zero-order chi connectivity index (χ0) is 24.4. The molecule has 188 valence electrons. The first kappa shape index (κ1) is 29.6. The third-order valence-electron chi connectivity index (χ3n) is 6.29. The largest absolute Gasteiger partial charge is 0.508 e. The van der Waals surface area contributed by atoms with Gasteiger partial charge >= 0.3 is 0 Å². The van der Waals surface area contributed by atoms with Crippen LogP contribution >= 0.6 is 12.4 Å². The lowest BCUT2D eigenvalue weighted by Crippen LogP contribution is -2.55. The second-order valence-corrected chi connectivity index (χ2v) is 9.23. The number of benzene rings is 2. The molecule has 0 aliphatic carbocycles. The van der Waals surface area contributed by atoms with Gasteiger partial charge in [-0.2, -0.15) is 0 Å². The van der Waals surface area contributed by atoms with E-state index in [0.717, 1.165) is 24.8 Å². The summed E-state index contributed by atoms with van der Waals surface area (Å²) in [5.41, 5.74) is 8.10. The Morgan fingerprint density at radius 3 is 2.12 bits per heavy atom. The topological polar surface area (TPSA) is 104 Å². The van der Waals surface area contributed by atoms with Gasteiger partial charge < -0.3 is 16.2 Å². The molecule has 0 aliphatic rings. The summed E-state index contributed by atoms with van der Waals surface area (Å²) in [5.74, 6) is -0.391. The van der Waals surface area contributed by atoms with Crippen molar-refractivity contribution in [3.63, 3.8) is 0 Å². The summed E-state index contributed by atoms with van der Waals surface area (Å²) in [6.45, 7) is 8.02. The van der Waals surface area contributed by atoms with Crippen LogP contribution in [0.4, 0.5) is 0 Å². The van der Waals surface area contributed by atoms with Crippen molar-refractivity contribution < 1.29 is 14.7 Å². The minimum atomic E-state index is -0.744. The molecule has 0 radical (unpaired) electrons. The highest BCUT2D eigenvalue weighted by molar-refractivity contribution is 6.00. The van der Waals surface area contributed by atoms with Crippen molar-refractivity contribution in [1.82, 2.24) is 10.6 Å². The molecule has 2 aromatic rings. The van der Waals surface area contributed by atoms with Gasteiger partial charge in [0.1, 0.15) is 5.75 Å². The van der Waals surface area contributed by atoms with Crippen LogP contribution in [0.5, 0.6) is 5.75 Å². The molecule has 0 heterocycles. The highest BCUT2D eigenvalue weighted by atomic mass is 35.5. The van der Waals surface area contributed by atoms with Crippen LogP contribution in [0, 0.1) is 11.8 Å². The van der Waals surface area contributed by atoms with Gasteiger partial charge in [-0.25, -0.2) is 0 Å². The van der Waals surface area contributed by atoms with Crippen molar-refractivity contribution in [2.75, 3.05) is 0 Å². The van der Waals surface area contributed by atoms with E-state index in [0.29, 0.717) is 12.3 Å². The highest BCUT2D eigenvalue weighted by Crippen LogP contribution is 2.17. The number of aryl methyl sites for hydroxylation is 1. The molecule has 0 bridgehead atoms. The van der Waals surface area contributed by atoms with Gasteiger partial charge in [0.05, 0.1) is 12.1 Å². The monoisotopic (exact) mass is 489 g/mol. The van der Waals surface area contributed by atoms with Crippen molar-refractivity contribution in [1.29, 1.82) is 0 Å². The number of phenolic OH excluding ortho intramolecular Hbond substituents is 1. The van der Waals surface area contributed by atoms with Crippen LogP contribution in [-0.4, -0.2) is 35.0 Å². The third-order valence-corrected chi connectivity index (χ3v) is 6.29. The molecule has 2 amide bonds. The average Bonchev–Trinajstić information content (AvgIpc) is 2.81. The maximum atomic E-state index is 13.2. The molecule has 0 fully saturated rings. The first-order valence-electron chi connectivity index (χ1n) is 11.9. The van der Waals surface area contributed by atoms with Gasteiger partial charge in [0.15, 0.2) is 0 Å². The highest BCUT2D eigenvalue weighted by Gasteiger charge is 2.28. The number of phenols is 1. The van der Waals surface area contributed by atoms with E-state index in [1.54, 1.807) is 24.3 Å². The third kappa shape index (κ3) is 9.45. The minimum Gasteiger partial charge on any atom is -0.508 e. The van der Waals surface area contributed by atoms with Gasteiger partial charge in [-0.3, -0.25) is 14.9 Å². The summed E-state index contributed by atoms with van der Waals surface area (Å²) in [4.78, 5) is 25.6. The van der Waals surface area contributed by atoms with Crippen LogP contribution in [0.25, 0.3) is 0 Å². The van der Waals surface area contributed by atoms with E-state index in [4.69, 9.17) is 5.73 Å². The Kier molecular flexibility index (Phi) is 12.9. The molecule has 4 atom stereocenters. The lowest BCUT2D eigenvalue weighted by Gasteiger charge is -2.30. The predicted octanol–water partition coefficient (Wildman–Crippen LogP) is 3.99. The second-order valence-electron chi connectivity index (χ2n) is 9.23. The number of carbonyl (C=O) groups excluding carboxylic acids is 2. The van der Waals surface area contributed by atoms with Gasteiger partial charge in [0.25, 0.3) is 0 Å². The van der Waals surface area contributed by atoms with Gasteiger partial charge in [-0.05, 0) is 54.4 Å². The van der Waals surface area contributed by atoms with Crippen molar-refractivity contribution in [2.45, 2.75) is 71.5 Å². The smallest absolute Gasteiger partial charge is 0.244 e.